The summed E-state index contributed by atoms with van der Waals surface area (Å²) in [5, 5.41) is 5.84. The third kappa shape index (κ3) is 4.81. The van der Waals surface area contributed by atoms with E-state index in [9.17, 15) is 0 Å². The van der Waals surface area contributed by atoms with Crippen LogP contribution in [-0.2, 0) is 5.41 Å². The second-order valence-electron chi connectivity index (χ2n) is 17.6. The maximum Gasteiger partial charge on any atom is 0.236 e. The lowest BCUT2D eigenvalue weighted by Gasteiger charge is -2.57. The number of rotatable bonds is 5. The fourth-order valence-electron chi connectivity index (χ4n) is 12.1. The van der Waals surface area contributed by atoms with Crippen molar-refractivity contribution in [2.45, 2.75) is 43.9 Å². The Kier molecular flexibility index (Phi) is 6.87. The van der Waals surface area contributed by atoms with Crippen LogP contribution in [0.3, 0.4) is 0 Å². The fourth-order valence-corrected chi connectivity index (χ4v) is 12.1. The Morgan fingerprint density at radius 1 is 0.517 bits per heavy atom. The Morgan fingerprint density at radius 2 is 1.10 bits per heavy atom. The normalized spacial score (nSPS) is 21.3. The molecule has 4 aliphatic rings. The number of benzene rings is 7. The van der Waals surface area contributed by atoms with Crippen molar-refractivity contribution in [2.75, 3.05) is 0 Å². The topological polar surface area (TPSA) is 43.9 Å². The van der Waals surface area contributed by atoms with Gasteiger partial charge < -0.3 is 4.42 Å². The van der Waals surface area contributed by atoms with Gasteiger partial charge in [-0.3, -0.25) is 4.57 Å². The summed E-state index contributed by atoms with van der Waals surface area (Å²) in [4.78, 5) is 10.7. The van der Waals surface area contributed by atoms with Crippen LogP contribution in [-0.4, -0.2) is 14.5 Å². The lowest BCUT2D eigenvalue weighted by atomic mass is 9.48. The van der Waals surface area contributed by atoms with E-state index in [1.165, 1.54) is 76.8 Å². The number of hydrogen-bond acceptors (Lipinski definition) is 3. The van der Waals surface area contributed by atoms with Gasteiger partial charge in [0, 0.05) is 21.7 Å². The summed E-state index contributed by atoms with van der Waals surface area (Å²) in [5.74, 6) is 3.44. The van der Waals surface area contributed by atoms with E-state index in [2.05, 4.69) is 150 Å². The summed E-state index contributed by atoms with van der Waals surface area (Å²) >= 11 is 0. The lowest BCUT2D eigenvalue weighted by Crippen LogP contribution is -2.48. The first-order chi connectivity index (χ1) is 28.7. The summed E-state index contributed by atoms with van der Waals surface area (Å²) in [6.45, 7) is 0. The predicted octanol–water partition coefficient (Wildman–Crippen LogP) is 14.1. The molecule has 3 heterocycles. The van der Waals surface area contributed by atoms with Gasteiger partial charge in [0.05, 0.1) is 11.0 Å². The Morgan fingerprint density at radius 3 is 1.79 bits per heavy atom. The van der Waals surface area contributed by atoms with Crippen LogP contribution in [0.15, 0.2) is 162 Å². The Bertz CT molecular complexity index is 3180. The van der Waals surface area contributed by atoms with Crippen LogP contribution >= 0.6 is 0 Å². The molecule has 4 fully saturated rings. The van der Waals surface area contributed by atoms with Crippen molar-refractivity contribution < 1.29 is 4.42 Å². The van der Waals surface area contributed by atoms with Crippen LogP contribution < -0.4 is 0 Å². The highest BCUT2D eigenvalue weighted by atomic mass is 16.3. The number of para-hydroxylation sites is 3. The van der Waals surface area contributed by atoms with Crippen molar-refractivity contribution >= 4 is 54.6 Å². The number of aromatic nitrogens is 3. The molecule has 58 heavy (non-hydrogen) atoms. The van der Waals surface area contributed by atoms with Gasteiger partial charge in [-0.25, -0.2) is 9.97 Å². The van der Waals surface area contributed by atoms with Crippen molar-refractivity contribution in [3.63, 3.8) is 0 Å². The number of fused-ring (bicyclic) bond motifs is 7. The van der Waals surface area contributed by atoms with E-state index in [4.69, 9.17) is 14.4 Å². The molecule has 4 heteroatoms. The number of nitrogens with zero attached hydrogens (tertiary/aromatic N) is 3. The van der Waals surface area contributed by atoms with Crippen molar-refractivity contribution in [3.8, 4) is 39.5 Å². The lowest BCUT2D eigenvalue weighted by molar-refractivity contribution is -0.00518. The fraction of sp³-hybridized carbons (Fsp3) is 0.185. The molecule has 0 radical (unpaired) electrons. The van der Waals surface area contributed by atoms with Crippen LogP contribution in [0.2, 0.25) is 0 Å². The molecule has 10 aromatic rings. The standard InChI is InChI=1S/C54H41N3O/c1-4-19-46-43(14-1)44-15-2-5-20-47(44)57(46)53-55-50(52-51(56-53)45-16-3-6-21-48(45)58-52)39-13-7-12-38(29-39)42-18-9-11-37-10-8-17-41(49(37)42)36-22-24-40(25-23-36)54-30-33-26-34(31-54)28-35(27-33)32-54/h1-25,29,33-35H,26-28,30-32H2. The minimum absolute atomic E-state index is 0.394. The van der Waals surface area contributed by atoms with Gasteiger partial charge in [-0.1, -0.05) is 127 Å². The van der Waals surface area contributed by atoms with E-state index in [1.807, 2.05) is 12.1 Å². The van der Waals surface area contributed by atoms with E-state index in [1.54, 1.807) is 5.56 Å². The molecule has 14 rings (SSSR count). The first kappa shape index (κ1) is 32.6. The van der Waals surface area contributed by atoms with Gasteiger partial charge in [0.1, 0.15) is 16.8 Å². The van der Waals surface area contributed by atoms with Crippen molar-refractivity contribution in [1.29, 1.82) is 0 Å². The second-order valence-corrected chi connectivity index (χ2v) is 17.6. The first-order valence-electron chi connectivity index (χ1n) is 21.1. The summed E-state index contributed by atoms with van der Waals surface area (Å²) in [6, 6.07) is 57.3. The van der Waals surface area contributed by atoms with Gasteiger partial charge in [0.15, 0.2) is 5.58 Å². The largest absolute Gasteiger partial charge is 0.452 e. The van der Waals surface area contributed by atoms with Gasteiger partial charge >= 0.3 is 0 Å². The second kappa shape index (κ2) is 12.2. The predicted molar refractivity (Wildman–Crippen MR) is 237 cm³/mol. The van der Waals surface area contributed by atoms with Crippen LogP contribution in [0.5, 0.6) is 0 Å². The SMILES string of the molecule is c1cc(-c2nc(-n3c4ccccc4c4ccccc43)nc3c2oc2ccccc23)cc(-c2cccc3cccc(-c4ccc(C56CC7CC(CC(C7)C5)C6)cc4)c23)c1. The van der Waals surface area contributed by atoms with Crippen LogP contribution in [0.25, 0.3) is 94.1 Å². The zero-order valence-corrected chi connectivity index (χ0v) is 32.2. The molecule has 0 unspecified atom stereocenters. The van der Waals surface area contributed by atoms with Gasteiger partial charge in [-0.15, -0.1) is 0 Å². The molecule has 0 spiro atoms. The molecule has 4 saturated carbocycles. The Balaban J connectivity index is 0.967. The zero-order valence-electron chi connectivity index (χ0n) is 32.2. The molecular weight excluding hydrogens is 707 g/mol. The molecule has 4 nitrogen and oxygen atoms in total. The quantitative estimate of drug-likeness (QED) is 0.176. The van der Waals surface area contributed by atoms with E-state index in [-0.39, 0.29) is 0 Å². The van der Waals surface area contributed by atoms with Gasteiger partial charge in [0.25, 0.3) is 0 Å². The van der Waals surface area contributed by atoms with Crippen molar-refractivity contribution in [3.05, 3.63) is 163 Å². The van der Waals surface area contributed by atoms with E-state index in [0.717, 1.165) is 62.1 Å². The summed E-state index contributed by atoms with van der Waals surface area (Å²) in [6.07, 6.45) is 8.58. The van der Waals surface area contributed by atoms with Gasteiger partial charge in [-0.05, 0) is 131 Å². The molecule has 4 bridgehead atoms. The molecular formula is C54H41N3O. The van der Waals surface area contributed by atoms with Gasteiger partial charge in [-0.2, -0.15) is 0 Å². The molecule has 3 aromatic heterocycles. The third-order valence-corrected chi connectivity index (χ3v) is 14.2. The van der Waals surface area contributed by atoms with Crippen LogP contribution in [0.1, 0.15) is 44.1 Å². The van der Waals surface area contributed by atoms with E-state index >= 15 is 0 Å². The van der Waals surface area contributed by atoms with Crippen LogP contribution in [0.4, 0.5) is 0 Å². The molecule has 278 valence electrons. The minimum atomic E-state index is 0.394. The molecule has 4 aliphatic carbocycles. The highest BCUT2D eigenvalue weighted by Gasteiger charge is 2.51. The Hall–Kier alpha value is -6.52. The van der Waals surface area contributed by atoms with Crippen molar-refractivity contribution in [2.24, 2.45) is 17.8 Å². The molecule has 0 N–H and O–H groups in total. The molecule has 0 atom stereocenters. The summed E-state index contributed by atoms with van der Waals surface area (Å²) < 4.78 is 8.83. The minimum Gasteiger partial charge on any atom is -0.452 e. The average molecular weight is 748 g/mol. The molecule has 0 aliphatic heterocycles. The Labute approximate surface area is 336 Å². The molecule has 0 saturated heterocycles. The average Bonchev–Trinajstić information content (AvgIpc) is 3.81. The summed E-state index contributed by atoms with van der Waals surface area (Å²) in [5.41, 5.74) is 13.1. The van der Waals surface area contributed by atoms with Crippen molar-refractivity contribution in [1.82, 2.24) is 14.5 Å². The summed E-state index contributed by atoms with van der Waals surface area (Å²) in [7, 11) is 0. The van der Waals surface area contributed by atoms with Gasteiger partial charge in [0.2, 0.25) is 5.95 Å². The monoisotopic (exact) mass is 747 g/mol. The number of furan rings is 1. The zero-order chi connectivity index (χ0) is 38.0. The maximum atomic E-state index is 6.63. The first-order valence-corrected chi connectivity index (χ1v) is 21.1. The highest BCUT2D eigenvalue weighted by molar-refractivity contribution is 6.11. The number of hydrogen-bond donors (Lipinski definition) is 0. The maximum absolute atomic E-state index is 6.63. The smallest absolute Gasteiger partial charge is 0.236 e. The third-order valence-electron chi connectivity index (χ3n) is 14.2. The molecule has 0 amide bonds. The van der Waals surface area contributed by atoms with E-state index < -0.39 is 0 Å². The van der Waals surface area contributed by atoms with Crippen LogP contribution in [0, 0.1) is 17.8 Å². The highest BCUT2D eigenvalue weighted by Crippen LogP contribution is 2.61. The molecule has 7 aromatic carbocycles. The van der Waals surface area contributed by atoms with E-state index in [0.29, 0.717) is 16.9 Å².